The Bertz CT molecular complexity index is 627. The maximum absolute atomic E-state index is 13.2. The summed E-state index contributed by atoms with van der Waals surface area (Å²) in [6.45, 7) is 3.89. The fourth-order valence-corrected chi connectivity index (χ4v) is 2.61. The molecule has 0 bridgehead atoms. The molecule has 1 amide bonds. The van der Waals surface area contributed by atoms with E-state index in [0.717, 1.165) is 22.4 Å². The van der Waals surface area contributed by atoms with Gasteiger partial charge in [0.2, 0.25) is 0 Å². The molecule has 1 aromatic carbocycles. The Labute approximate surface area is 120 Å². The molecule has 0 aliphatic heterocycles. The molecule has 1 unspecified atom stereocenters. The summed E-state index contributed by atoms with van der Waals surface area (Å²) in [6, 6.07) is 3.50. The number of nitrogens with zero attached hydrogens (tertiary/aromatic N) is 1. The first-order chi connectivity index (χ1) is 9.51. The van der Waals surface area contributed by atoms with E-state index in [0.29, 0.717) is 0 Å². The van der Waals surface area contributed by atoms with Gasteiger partial charge in [0, 0.05) is 16.8 Å². The number of carbonyl (C=O) groups excluding carboxylic acids is 1. The Balaban J connectivity index is 2.12. The highest BCUT2D eigenvalue weighted by Gasteiger charge is 2.16. The van der Waals surface area contributed by atoms with Crippen molar-refractivity contribution in [3.05, 3.63) is 45.7 Å². The quantitative estimate of drug-likeness (QED) is 0.852. The zero-order valence-electron chi connectivity index (χ0n) is 11.3. The van der Waals surface area contributed by atoms with E-state index in [2.05, 4.69) is 10.3 Å². The SMILES string of the molecule is CCc1cnc(C(C)NC(=O)c2cc(F)ccc2N)s1. The number of anilines is 1. The number of rotatable bonds is 4. The molecule has 20 heavy (non-hydrogen) atoms. The second kappa shape index (κ2) is 6.00. The number of hydrogen-bond donors (Lipinski definition) is 2. The highest BCUT2D eigenvalue weighted by molar-refractivity contribution is 7.11. The summed E-state index contributed by atoms with van der Waals surface area (Å²) in [5, 5.41) is 3.60. The molecule has 2 rings (SSSR count). The van der Waals surface area contributed by atoms with Crippen LogP contribution in [0.15, 0.2) is 24.4 Å². The Morgan fingerprint density at radius 2 is 2.30 bits per heavy atom. The fourth-order valence-electron chi connectivity index (χ4n) is 1.75. The van der Waals surface area contributed by atoms with Crippen molar-refractivity contribution < 1.29 is 9.18 Å². The Morgan fingerprint density at radius 1 is 1.55 bits per heavy atom. The molecule has 2 aromatic rings. The van der Waals surface area contributed by atoms with Crippen LogP contribution in [0, 0.1) is 5.82 Å². The van der Waals surface area contributed by atoms with Gasteiger partial charge in [0.1, 0.15) is 10.8 Å². The average molecular weight is 293 g/mol. The third kappa shape index (κ3) is 3.14. The van der Waals surface area contributed by atoms with Crippen molar-refractivity contribution in [2.24, 2.45) is 0 Å². The zero-order chi connectivity index (χ0) is 14.7. The molecule has 1 heterocycles. The topological polar surface area (TPSA) is 68.0 Å². The molecule has 0 fully saturated rings. The number of amides is 1. The summed E-state index contributed by atoms with van der Waals surface area (Å²) in [6.07, 6.45) is 2.72. The Hall–Kier alpha value is -1.95. The van der Waals surface area contributed by atoms with Gasteiger partial charge >= 0.3 is 0 Å². The number of halogens is 1. The molecule has 0 saturated carbocycles. The van der Waals surface area contributed by atoms with Crippen molar-refractivity contribution in [2.75, 3.05) is 5.73 Å². The van der Waals surface area contributed by atoms with Crippen LogP contribution in [0.4, 0.5) is 10.1 Å². The number of aryl methyl sites for hydroxylation is 1. The molecule has 6 heteroatoms. The van der Waals surface area contributed by atoms with Gasteiger partial charge in [-0.05, 0) is 31.5 Å². The molecule has 0 saturated heterocycles. The number of thiazole rings is 1. The van der Waals surface area contributed by atoms with Gasteiger partial charge in [-0.25, -0.2) is 9.37 Å². The highest BCUT2D eigenvalue weighted by Crippen LogP contribution is 2.21. The van der Waals surface area contributed by atoms with Crippen LogP contribution in [0.3, 0.4) is 0 Å². The van der Waals surface area contributed by atoms with Crippen molar-refractivity contribution in [1.29, 1.82) is 0 Å². The van der Waals surface area contributed by atoms with Crippen molar-refractivity contribution in [3.63, 3.8) is 0 Å². The Kier molecular flexibility index (Phi) is 4.34. The van der Waals surface area contributed by atoms with Gasteiger partial charge in [-0.3, -0.25) is 4.79 Å². The zero-order valence-corrected chi connectivity index (χ0v) is 12.1. The minimum atomic E-state index is -0.487. The lowest BCUT2D eigenvalue weighted by Crippen LogP contribution is -2.27. The second-order valence-electron chi connectivity index (χ2n) is 4.45. The lowest BCUT2D eigenvalue weighted by molar-refractivity contribution is 0.0940. The van der Waals surface area contributed by atoms with Gasteiger partial charge in [-0.15, -0.1) is 11.3 Å². The summed E-state index contributed by atoms with van der Waals surface area (Å²) >= 11 is 1.55. The summed E-state index contributed by atoms with van der Waals surface area (Å²) in [7, 11) is 0. The Morgan fingerprint density at radius 3 is 2.95 bits per heavy atom. The van der Waals surface area contributed by atoms with E-state index in [1.807, 2.05) is 13.8 Å². The van der Waals surface area contributed by atoms with E-state index in [1.165, 1.54) is 12.1 Å². The lowest BCUT2D eigenvalue weighted by atomic mass is 10.1. The third-order valence-corrected chi connectivity index (χ3v) is 4.22. The van der Waals surface area contributed by atoms with Gasteiger partial charge in [0.25, 0.3) is 5.91 Å². The number of hydrogen-bond acceptors (Lipinski definition) is 4. The number of aromatic nitrogens is 1. The first-order valence-electron chi connectivity index (χ1n) is 6.31. The number of nitrogens with one attached hydrogen (secondary N) is 1. The summed E-state index contributed by atoms with van der Waals surface area (Å²) in [4.78, 5) is 17.5. The number of nitrogens with two attached hydrogens (primary N) is 1. The number of nitrogen functional groups attached to an aromatic ring is 1. The molecular formula is C14H16FN3OS. The number of benzene rings is 1. The summed E-state index contributed by atoms with van der Waals surface area (Å²) in [5.74, 6) is -0.887. The molecule has 0 radical (unpaired) electrons. The van der Waals surface area contributed by atoms with E-state index < -0.39 is 11.7 Å². The van der Waals surface area contributed by atoms with Crippen molar-refractivity contribution in [3.8, 4) is 0 Å². The average Bonchev–Trinajstić information content (AvgIpc) is 2.90. The van der Waals surface area contributed by atoms with Gasteiger partial charge in [0.05, 0.1) is 11.6 Å². The molecule has 0 spiro atoms. The maximum Gasteiger partial charge on any atom is 0.254 e. The standard InChI is InChI=1S/C14H16FN3OS/c1-3-10-7-17-14(20-10)8(2)18-13(19)11-6-9(15)4-5-12(11)16/h4-8H,3,16H2,1-2H3,(H,18,19). The van der Waals surface area contributed by atoms with Crippen molar-refractivity contribution in [1.82, 2.24) is 10.3 Å². The van der Waals surface area contributed by atoms with Gasteiger partial charge in [-0.2, -0.15) is 0 Å². The molecular weight excluding hydrogens is 277 g/mol. The van der Waals surface area contributed by atoms with Crippen molar-refractivity contribution >= 4 is 22.9 Å². The molecule has 3 N–H and O–H groups in total. The van der Waals surface area contributed by atoms with E-state index in [1.54, 1.807) is 17.5 Å². The van der Waals surface area contributed by atoms with Crippen LogP contribution < -0.4 is 11.1 Å². The summed E-state index contributed by atoms with van der Waals surface area (Å²) in [5.41, 5.74) is 6.09. The molecule has 0 aliphatic rings. The van der Waals surface area contributed by atoms with Crippen LogP contribution in [-0.2, 0) is 6.42 Å². The molecule has 1 aromatic heterocycles. The van der Waals surface area contributed by atoms with Gasteiger partial charge < -0.3 is 11.1 Å². The molecule has 0 aliphatic carbocycles. The smallest absolute Gasteiger partial charge is 0.254 e. The molecule has 4 nitrogen and oxygen atoms in total. The largest absolute Gasteiger partial charge is 0.398 e. The van der Waals surface area contributed by atoms with Gasteiger partial charge in [-0.1, -0.05) is 6.92 Å². The van der Waals surface area contributed by atoms with Crippen LogP contribution in [0.25, 0.3) is 0 Å². The predicted molar refractivity (Wildman–Crippen MR) is 78.2 cm³/mol. The minimum absolute atomic E-state index is 0.143. The third-order valence-electron chi connectivity index (χ3n) is 2.90. The van der Waals surface area contributed by atoms with Crippen LogP contribution in [0.1, 0.15) is 40.1 Å². The van der Waals surface area contributed by atoms with Crippen molar-refractivity contribution in [2.45, 2.75) is 26.3 Å². The van der Waals surface area contributed by atoms with E-state index in [-0.39, 0.29) is 17.3 Å². The maximum atomic E-state index is 13.2. The van der Waals surface area contributed by atoms with E-state index >= 15 is 0 Å². The van der Waals surface area contributed by atoms with Crippen LogP contribution >= 0.6 is 11.3 Å². The fraction of sp³-hybridized carbons (Fsp3) is 0.286. The van der Waals surface area contributed by atoms with E-state index in [4.69, 9.17) is 5.73 Å². The second-order valence-corrected chi connectivity index (χ2v) is 5.59. The minimum Gasteiger partial charge on any atom is -0.398 e. The molecule has 106 valence electrons. The molecule has 1 atom stereocenters. The highest BCUT2D eigenvalue weighted by atomic mass is 32.1. The first-order valence-corrected chi connectivity index (χ1v) is 7.13. The lowest BCUT2D eigenvalue weighted by Gasteiger charge is -2.12. The van der Waals surface area contributed by atoms with Gasteiger partial charge in [0.15, 0.2) is 0 Å². The first kappa shape index (κ1) is 14.5. The van der Waals surface area contributed by atoms with Crippen LogP contribution in [0.5, 0.6) is 0 Å². The predicted octanol–water partition coefficient (Wildman–Crippen LogP) is 2.92. The summed E-state index contributed by atoms with van der Waals surface area (Å²) < 4.78 is 13.2. The van der Waals surface area contributed by atoms with Crippen LogP contribution in [0.2, 0.25) is 0 Å². The van der Waals surface area contributed by atoms with Crippen LogP contribution in [-0.4, -0.2) is 10.9 Å². The monoisotopic (exact) mass is 293 g/mol. The van der Waals surface area contributed by atoms with E-state index in [9.17, 15) is 9.18 Å². The number of carbonyl (C=O) groups is 1. The normalized spacial score (nSPS) is 12.2.